The summed E-state index contributed by atoms with van der Waals surface area (Å²) in [6.07, 6.45) is 3.34. The van der Waals surface area contributed by atoms with Gasteiger partial charge < -0.3 is 15.5 Å². The number of hydrogen-bond acceptors (Lipinski definition) is 3. The Kier molecular flexibility index (Phi) is 4.40. The number of likely N-dealkylation sites (tertiary alicyclic amines) is 1. The van der Waals surface area contributed by atoms with Gasteiger partial charge in [-0.3, -0.25) is 4.79 Å². The van der Waals surface area contributed by atoms with Crippen LogP contribution >= 0.6 is 0 Å². The quantitative estimate of drug-likeness (QED) is 0.754. The lowest BCUT2D eigenvalue weighted by atomic mass is 10.1. The van der Waals surface area contributed by atoms with Gasteiger partial charge in [-0.15, -0.1) is 0 Å². The first-order valence-corrected chi connectivity index (χ1v) is 6.92. The molecule has 0 aliphatic carbocycles. The van der Waals surface area contributed by atoms with Crippen molar-refractivity contribution in [3.05, 3.63) is 0 Å². The number of nitrogens with one attached hydrogen (secondary N) is 2. The van der Waals surface area contributed by atoms with E-state index in [1.165, 1.54) is 13.0 Å². The molecule has 2 heterocycles. The van der Waals surface area contributed by atoms with Crippen LogP contribution in [-0.2, 0) is 4.79 Å². The predicted molar refractivity (Wildman–Crippen MR) is 68.9 cm³/mol. The Morgan fingerprint density at radius 2 is 2.29 bits per heavy atom. The number of carbonyl (C=O) groups is 1. The highest BCUT2D eigenvalue weighted by atomic mass is 16.2. The second kappa shape index (κ2) is 5.83. The first-order chi connectivity index (χ1) is 8.16. The molecule has 2 aliphatic rings. The molecule has 2 aliphatic heterocycles. The van der Waals surface area contributed by atoms with Gasteiger partial charge in [0, 0.05) is 19.1 Å². The molecule has 0 aromatic rings. The highest BCUT2D eigenvalue weighted by Gasteiger charge is 2.26. The zero-order valence-electron chi connectivity index (χ0n) is 11.0. The molecule has 2 saturated heterocycles. The van der Waals surface area contributed by atoms with Crippen molar-refractivity contribution in [3.63, 3.8) is 0 Å². The van der Waals surface area contributed by atoms with Crippen molar-refractivity contribution in [2.45, 2.75) is 45.2 Å². The van der Waals surface area contributed by atoms with Crippen LogP contribution in [0.25, 0.3) is 0 Å². The van der Waals surface area contributed by atoms with Crippen LogP contribution < -0.4 is 10.6 Å². The second-order valence-corrected chi connectivity index (χ2v) is 5.64. The Hall–Kier alpha value is -0.610. The molecule has 2 rings (SSSR count). The van der Waals surface area contributed by atoms with Crippen LogP contribution in [0, 0.1) is 5.92 Å². The van der Waals surface area contributed by atoms with Crippen molar-refractivity contribution in [1.82, 2.24) is 15.5 Å². The zero-order valence-corrected chi connectivity index (χ0v) is 11.0. The van der Waals surface area contributed by atoms with E-state index in [-0.39, 0.29) is 11.9 Å². The van der Waals surface area contributed by atoms with Crippen LogP contribution in [-0.4, -0.2) is 49.1 Å². The minimum Gasteiger partial charge on any atom is -0.354 e. The average Bonchev–Trinajstić information content (AvgIpc) is 2.97. The van der Waals surface area contributed by atoms with Crippen molar-refractivity contribution in [1.29, 1.82) is 0 Å². The van der Waals surface area contributed by atoms with E-state index in [0.717, 1.165) is 32.5 Å². The van der Waals surface area contributed by atoms with Crippen LogP contribution in [0.1, 0.15) is 33.1 Å². The predicted octanol–water partition coefficient (Wildman–Crippen LogP) is 0.585. The third-order valence-corrected chi connectivity index (χ3v) is 3.99. The molecular weight excluding hydrogens is 214 g/mol. The largest absolute Gasteiger partial charge is 0.354 e. The van der Waals surface area contributed by atoms with E-state index in [9.17, 15) is 4.79 Å². The van der Waals surface area contributed by atoms with Gasteiger partial charge in [0.2, 0.25) is 5.91 Å². The number of hydrogen-bond donors (Lipinski definition) is 2. The SMILES string of the molecule is CC(C)N1CCC(CNC(=O)C2CCCN2)C1. The van der Waals surface area contributed by atoms with Gasteiger partial charge in [0.1, 0.15) is 0 Å². The number of carbonyl (C=O) groups excluding carboxylic acids is 1. The standard InChI is InChI=1S/C13H25N3O/c1-10(2)16-7-5-11(9-16)8-15-13(17)12-4-3-6-14-12/h10-12,14H,3-9H2,1-2H3,(H,15,17). The molecule has 0 aromatic carbocycles. The van der Waals surface area contributed by atoms with Gasteiger partial charge >= 0.3 is 0 Å². The summed E-state index contributed by atoms with van der Waals surface area (Å²) in [5.74, 6) is 0.841. The van der Waals surface area contributed by atoms with Crippen molar-refractivity contribution < 1.29 is 4.79 Å². The van der Waals surface area contributed by atoms with Gasteiger partial charge in [-0.2, -0.15) is 0 Å². The lowest BCUT2D eigenvalue weighted by molar-refractivity contribution is -0.122. The summed E-state index contributed by atoms with van der Waals surface area (Å²) in [5.41, 5.74) is 0. The molecular formula is C13H25N3O. The van der Waals surface area contributed by atoms with E-state index >= 15 is 0 Å². The molecule has 0 saturated carbocycles. The molecule has 2 N–H and O–H groups in total. The third-order valence-electron chi connectivity index (χ3n) is 3.99. The normalized spacial score (nSPS) is 30.1. The highest BCUT2D eigenvalue weighted by molar-refractivity contribution is 5.81. The average molecular weight is 239 g/mol. The van der Waals surface area contributed by atoms with Crippen molar-refractivity contribution in [2.75, 3.05) is 26.2 Å². The topological polar surface area (TPSA) is 44.4 Å². The third kappa shape index (κ3) is 3.42. The Balaban J connectivity index is 1.67. The van der Waals surface area contributed by atoms with Gasteiger partial charge in [-0.05, 0) is 52.1 Å². The molecule has 4 heteroatoms. The van der Waals surface area contributed by atoms with E-state index in [1.54, 1.807) is 0 Å². The summed E-state index contributed by atoms with van der Waals surface area (Å²) in [7, 11) is 0. The van der Waals surface area contributed by atoms with Gasteiger partial charge in [0.05, 0.1) is 6.04 Å². The minimum absolute atomic E-state index is 0.0672. The number of amides is 1. The molecule has 2 atom stereocenters. The van der Waals surface area contributed by atoms with E-state index in [2.05, 4.69) is 29.4 Å². The fourth-order valence-electron chi connectivity index (χ4n) is 2.77. The van der Waals surface area contributed by atoms with Gasteiger partial charge in [0.25, 0.3) is 0 Å². The van der Waals surface area contributed by atoms with Crippen molar-refractivity contribution in [2.24, 2.45) is 5.92 Å². The van der Waals surface area contributed by atoms with Crippen LogP contribution in [0.4, 0.5) is 0 Å². The molecule has 1 amide bonds. The summed E-state index contributed by atoms with van der Waals surface area (Å²) in [6.45, 7) is 8.63. The first kappa shape index (κ1) is 12.8. The number of rotatable bonds is 4. The lowest BCUT2D eigenvalue weighted by Gasteiger charge is -2.20. The van der Waals surface area contributed by atoms with E-state index in [0.29, 0.717) is 12.0 Å². The molecule has 4 nitrogen and oxygen atoms in total. The fourth-order valence-corrected chi connectivity index (χ4v) is 2.77. The van der Waals surface area contributed by atoms with Gasteiger partial charge in [-0.1, -0.05) is 0 Å². The van der Waals surface area contributed by atoms with Gasteiger partial charge in [0.15, 0.2) is 0 Å². The first-order valence-electron chi connectivity index (χ1n) is 6.92. The Labute approximate surface area is 104 Å². The molecule has 17 heavy (non-hydrogen) atoms. The molecule has 0 radical (unpaired) electrons. The minimum atomic E-state index is 0.0672. The molecule has 0 bridgehead atoms. The Morgan fingerprint density at radius 3 is 2.88 bits per heavy atom. The Morgan fingerprint density at radius 1 is 1.47 bits per heavy atom. The molecule has 2 fully saturated rings. The summed E-state index contributed by atoms with van der Waals surface area (Å²) in [5, 5.41) is 6.33. The van der Waals surface area contributed by atoms with Crippen LogP contribution in [0.15, 0.2) is 0 Å². The lowest BCUT2D eigenvalue weighted by Crippen LogP contribution is -2.42. The second-order valence-electron chi connectivity index (χ2n) is 5.64. The summed E-state index contributed by atoms with van der Waals surface area (Å²) in [6, 6.07) is 0.699. The van der Waals surface area contributed by atoms with Gasteiger partial charge in [-0.25, -0.2) is 0 Å². The monoisotopic (exact) mass is 239 g/mol. The maximum atomic E-state index is 11.8. The maximum absolute atomic E-state index is 11.8. The molecule has 0 aromatic heterocycles. The molecule has 98 valence electrons. The molecule has 2 unspecified atom stereocenters. The van der Waals surface area contributed by atoms with Crippen molar-refractivity contribution in [3.8, 4) is 0 Å². The summed E-state index contributed by atoms with van der Waals surface area (Å²) in [4.78, 5) is 14.3. The summed E-state index contributed by atoms with van der Waals surface area (Å²) < 4.78 is 0. The van der Waals surface area contributed by atoms with E-state index < -0.39 is 0 Å². The highest BCUT2D eigenvalue weighted by Crippen LogP contribution is 2.17. The number of nitrogens with zero attached hydrogens (tertiary/aromatic N) is 1. The fraction of sp³-hybridized carbons (Fsp3) is 0.923. The van der Waals surface area contributed by atoms with E-state index in [1.807, 2.05) is 0 Å². The van der Waals surface area contributed by atoms with Crippen LogP contribution in [0.3, 0.4) is 0 Å². The van der Waals surface area contributed by atoms with Crippen LogP contribution in [0.2, 0.25) is 0 Å². The smallest absolute Gasteiger partial charge is 0.237 e. The van der Waals surface area contributed by atoms with Crippen LogP contribution in [0.5, 0.6) is 0 Å². The Bertz CT molecular complexity index is 261. The summed E-state index contributed by atoms with van der Waals surface area (Å²) >= 11 is 0. The van der Waals surface area contributed by atoms with Crippen molar-refractivity contribution >= 4 is 5.91 Å². The van der Waals surface area contributed by atoms with E-state index in [4.69, 9.17) is 0 Å². The zero-order chi connectivity index (χ0) is 12.3. The molecule has 0 spiro atoms. The maximum Gasteiger partial charge on any atom is 0.237 e.